The number of nitro benzene ring substituents is 1. The van der Waals surface area contributed by atoms with Crippen molar-refractivity contribution >= 4 is 27.5 Å². The maximum absolute atomic E-state index is 11.9. The molecule has 0 aliphatic heterocycles. The average Bonchev–Trinajstić information content (AvgIpc) is 2.41. The van der Waals surface area contributed by atoms with Gasteiger partial charge in [0, 0.05) is 48.9 Å². The van der Waals surface area contributed by atoms with Crippen molar-refractivity contribution in [2.24, 2.45) is 0 Å². The second-order valence-corrected chi connectivity index (χ2v) is 4.87. The maximum atomic E-state index is 11.9. The summed E-state index contributed by atoms with van der Waals surface area (Å²) in [6, 6.07) is 4.14. The van der Waals surface area contributed by atoms with Crippen molar-refractivity contribution in [3.63, 3.8) is 0 Å². The Labute approximate surface area is 125 Å². The van der Waals surface area contributed by atoms with Gasteiger partial charge in [-0.3, -0.25) is 14.9 Å². The Morgan fingerprint density at radius 3 is 2.75 bits per heavy atom. The Morgan fingerprint density at radius 1 is 1.35 bits per heavy atom. The molecule has 2 N–H and O–H groups in total. The number of benzene rings is 1. The summed E-state index contributed by atoms with van der Waals surface area (Å²) in [7, 11) is 1.61. The van der Waals surface area contributed by atoms with E-state index in [1.54, 1.807) is 13.2 Å². The fraction of sp³-hybridized carbons (Fsp3) is 0.417. The van der Waals surface area contributed by atoms with E-state index in [4.69, 9.17) is 4.74 Å². The number of nitrogens with one attached hydrogen (secondary N) is 2. The monoisotopic (exact) mass is 345 g/mol. The molecule has 0 aliphatic carbocycles. The fourth-order valence-corrected chi connectivity index (χ4v) is 1.96. The van der Waals surface area contributed by atoms with Crippen LogP contribution in [0.15, 0.2) is 22.7 Å². The number of nitrogens with zero attached hydrogens (tertiary/aromatic N) is 1. The molecule has 1 aromatic rings. The van der Waals surface area contributed by atoms with Gasteiger partial charge in [-0.05, 0) is 6.07 Å². The molecule has 0 spiro atoms. The number of halogens is 1. The molecule has 8 heteroatoms. The molecule has 110 valence electrons. The second-order valence-electron chi connectivity index (χ2n) is 3.95. The highest BCUT2D eigenvalue weighted by Gasteiger charge is 2.13. The molecule has 0 heterocycles. The van der Waals surface area contributed by atoms with Crippen LogP contribution < -0.4 is 10.6 Å². The third-order valence-corrected chi connectivity index (χ3v) is 2.88. The van der Waals surface area contributed by atoms with Crippen molar-refractivity contribution in [3.05, 3.63) is 38.3 Å². The van der Waals surface area contributed by atoms with Gasteiger partial charge >= 0.3 is 0 Å². The minimum Gasteiger partial charge on any atom is -0.383 e. The van der Waals surface area contributed by atoms with Crippen LogP contribution in [0, 0.1) is 10.1 Å². The van der Waals surface area contributed by atoms with Gasteiger partial charge in [0.15, 0.2) is 0 Å². The van der Waals surface area contributed by atoms with Gasteiger partial charge in [0.1, 0.15) is 0 Å². The Balaban J connectivity index is 2.49. The molecule has 1 rings (SSSR count). The summed E-state index contributed by atoms with van der Waals surface area (Å²) in [6.45, 7) is 2.34. The minimum atomic E-state index is -0.534. The van der Waals surface area contributed by atoms with E-state index in [1.807, 2.05) is 0 Å². The summed E-state index contributed by atoms with van der Waals surface area (Å²) in [5.74, 6) is -0.344. The van der Waals surface area contributed by atoms with E-state index in [0.29, 0.717) is 30.7 Å². The van der Waals surface area contributed by atoms with Gasteiger partial charge in [0.05, 0.1) is 11.5 Å². The number of carbonyl (C=O) groups excluding carboxylic acids is 1. The molecule has 0 aromatic heterocycles. The van der Waals surface area contributed by atoms with Crippen molar-refractivity contribution in [3.8, 4) is 0 Å². The molecule has 1 amide bonds. The van der Waals surface area contributed by atoms with Crippen LogP contribution in [0.2, 0.25) is 0 Å². The summed E-state index contributed by atoms with van der Waals surface area (Å²) < 4.78 is 5.36. The van der Waals surface area contributed by atoms with Gasteiger partial charge in [-0.2, -0.15) is 0 Å². The lowest BCUT2D eigenvalue weighted by Crippen LogP contribution is -2.33. The van der Waals surface area contributed by atoms with E-state index < -0.39 is 4.92 Å². The number of non-ortho nitro benzene ring substituents is 1. The lowest BCUT2D eigenvalue weighted by atomic mass is 10.2. The number of hydrogen-bond acceptors (Lipinski definition) is 5. The van der Waals surface area contributed by atoms with E-state index in [2.05, 4.69) is 26.6 Å². The zero-order valence-electron chi connectivity index (χ0n) is 11.0. The zero-order chi connectivity index (χ0) is 15.0. The molecule has 0 bridgehead atoms. The number of carbonyl (C=O) groups is 1. The summed E-state index contributed by atoms with van der Waals surface area (Å²) in [4.78, 5) is 22.0. The topological polar surface area (TPSA) is 93.5 Å². The standard InChI is InChI=1S/C12H16BrN3O4/c1-20-5-4-14-2-3-15-12(17)9-6-10(13)8-11(7-9)16(18)19/h6-8,14H,2-5H2,1H3,(H,15,17). The number of nitro groups is 1. The van der Waals surface area contributed by atoms with Crippen LogP contribution in [-0.2, 0) is 4.74 Å². The Kier molecular flexibility index (Phi) is 7.13. The van der Waals surface area contributed by atoms with E-state index in [9.17, 15) is 14.9 Å². The highest BCUT2D eigenvalue weighted by atomic mass is 79.9. The van der Waals surface area contributed by atoms with E-state index in [-0.39, 0.29) is 17.2 Å². The summed E-state index contributed by atoms with van der Waals surface area (Å²) >= 11 is 3.15. The van der Waals surface area contributed by atoms with Crippen molar-refractivity contribution in [1.29, 1.82) is 0 Å². The van der Waals surface area contributed by atoms with Crippen LogP contribution in [0.4, 0.5) is 5.69 Å². The minimum absolute atomic E-state index is 0.122. The molecule has 20 heavy (non-hydrogen) atoms. The van der Waals surface area contributed by atoms with Crippen molar-refractivity contribution in [2.45, 2.75) is 0 Å². The van der Waals surface area contributed by atoms with Crippen molar-refractivity contribution < 1.29 is 14.5 Å². The average molecular weight is 346 g/mol. The van der Waals surface area contributed by atoms with Crippen LogP contribution in [0.5, 0.6) is 0 Å². The third-order valence-electron chi connectivity index (χ3n) is 2.43. The van der Waals surface area contributed by atoms with Crippen LogP contribution in [0.1, 0.15) is 10.4 Å². The van der Waals surface area contributed by atoms with Crippen LogP contribution in [0.3, 0.4) is 0 Å². The Hall–Kier alpha value is -1.51. The molecule has 0 saturated carbocycles. The Bertz CT molecular complexity index is 482. The molecule has 1 aromatic carbocycles. The number of ether oxygens (including phenoxy) is 1. The number of rotatable bonds is 8. The van der Waals surface area contributed by atoms with Gasteiger partial charge < -0.3 is 15.4 Å². The number of hydrogen-bond donors (Lipinski definition) is 2. The van der Waals surface area contributed by atoms with Crippen molar-refractivity contribution in [2.75, 3.05) is 33.4 Å². The van der Waals surface area contributed by atoms with Gasteiger partial charge in [-0.1, -0.05) is 15.9 Å². The predicted octanol–water partition coefficient (Wildman–Crippen LogP) is 1.32. The normalized spacial score (nSPS) is 10.3. The first-order valence-corrected chi connectivity index (χ1v) is 6.76. The van der Waals surface area contributed by atoms with Crippen LogP contribution >= 0.6 is 15.9 Å². The fourth-order valence-electron chi connectivity index (χ4n) is 1.48. The SMILES string of the molecule is COCCNCCNC(=O)c1cc(Br)cc([N+](=O)[O-])c1. The molecule has 0 fully saturated rings. The highest BCUT2D eigenvalue weighted by Crippen LogP contribution is 2.21. The molecule has 0 aliphatic rings. The molecule has 0 atom stereocenters. The van der Waals surface area contributed by atoms with Gasteiger partial charge in [-0.15, -0.1) is 0 Å². The number of methoxy groups -OCH3 is 1. The smallest absolute Gasteiger partial charge is 0.271 e. The largest absolute Gasteiger partial charge is 0.383 e. The lowest BCUT2D eigenvalue weighted by Gasteiger charge is -2.07. The van der Waals surface area contributed by atoms with Crippen LogP contribution in [-0.4, -0.2) is 44.2 Å². The lowest BCUT2D eigenvalue weighted by molar-refractivity contribution is -0.385. The first-order chi connectivity index (χ1) is 9.54. The molecule has 7 nitrogen and oxygen atoms in total. The summed E-state index contributed by atoms with van der Waals surface area (Å²) in [6.07, 6.45) is 0. The maximum Gasteiger partial charge on any atom is 0.271 e. The highest BCUT2D eigenvalue weighted by molar-refractivity contribution is 9.10. The first-order valence-electron chi connectivity index (χ1n) is 5.97. The molecule has 0 saturated heterocycles. The molecule has 0 unspecified atom stereocenters. The molecular weight excluding hydrogens is 330 g/mol. The number of amides is 1. The van der Waals surface area contributed by atoms with E-state index in [0.717, 1.165) is 0 Å². The second kappa shape index (κ2) is 8.62. The van der Waals surface area contributed by atoms with Crippen molar-refractivity contribution in [1.82, 2.24) is 10.6 Å². The zero-order valence-corrected chi connectivity index (χ0v) is 12.6. The summed E-state index contributed by atoms with van der Waals surface area (Å²) in [5.41, 5.74) is 0.130. The van der Waals surface area contributed by atoms with Gasteiger partial charge in [0.2, 0.25) is 0 Å². The quantitative estimate of drug-likeness (QED) is 0.421. The summed E-state index contributed by atoms with van der Waals surface area (Å²) in [5, 5.41) is 16.5. The molecular formula is C12H16BrN3O4. The third kappa shape index (κ3) is 5.64. The molecule has 0 radical (unpaired) electrons. The Morgan fingerprint density at radius 2 is 2.10 bits per heavy atom. The van der Waals surface area contributed by atoms with Crippen LogP contribution in [0.25, 0.3) is 0 Å². The van der Waals surface area contributed by atoms with E-state index in [1.165, 1.54) is 12.1 Å². The van der Waals surface area contributed by atoms with Gasteiger partial charge in [0.25, 0.3) is 11.6 Å². The first kappa shape index (κ1) is 16.5. The van der Waals surface area contributed by atoms with E-state index >= 15 is 0 Å². The predicted molar refractivity (Wildman–Crippen MR) is 77.9 cm³/mol. The van der Waals surface area contributed by atoms with Gasteiger partial charge in [-0.25, -0.2) is 0 Å².